The van der Waals surface area contributed by atoms with Crippen molar-refractivity contribution in [2.75, 3.05) is 6.79 Å². The van der Waals surface area contributed by atoms with Crippen LogP contribution in [0.25, 0.3) is 0 Å². The quantitative estimate of drug-likeness (QED) is 0.721. The molecule has 0 aliphatic carbocycles. The summed E-state index contributed by atoms with van der Waals surface area (Å²) in [4.78, 5) is 0. The van der Waals surface area contributed by atoms with Crippen LogP contribution in [-0.4, -0.2) is 6.79 Å². The van der Waals surface area contributed by atoms with Gasteiger partial charge in [-0.25, -0.2) is 0 Å². The second kappa shape index (κ2) is 7.00. The standard InChI is InChI=1S/C17H21NO2/c1-3-5-14(15(11-18)6-4-2)9-13-7-8-16-17(10-13)20-12-19-16/h7-8,10H,3-6,9,12H2,1-2H3/b15-14-. The molecule has 0 spiro atoms. The third-order valence-corrected chi connectivity index (χ3v) is 3.47. The topological polar surface area (TPSA) is 42.2 Å². The van der Waals surface area contributed by atoms with Gasteiger partial charge in [0, 0.05) is 5.57 Å². The number of hydrogen-bond donors (Lipinski definition) is 0. The van der Waals surface area contributed by atoms with E-state index in [0.29, 0.717) is 6.79 Å². The molecule has 0 bridgehead atoms. The molecule has 1 aromatic carbocycles. The van der Waals surface area contributed by atoms with Gasteiger partial charge in [0.15, 0.2) is 11.5 Å². The molecule has 1 aromatic rings. The maximum absolute atomic E-state index is 9.33. The van der Waals surface area contributed by atoms with Crippen LogP contribution in [0, 0.1) is 11.3 Å². The molecule has 1 aliphatic rings. The van der Waals surface area contributed by atoms with E-state index in [2.05, 4.69) is 26.0 Å². The average molecular weight is 271 g/mol. The van der Waals surface area contributed by atoms with Gasteiger partial charge in [0.2, 0.25) is 6.79 Å². The van der Waals surface area contributed by atoms with Crippen LogP contribution in [0.1, 0.15) is 45.1 Å². The number of fused-ring (bicyclic) bond motifs is 1. The number of nitrogens with zero attached hydrogens (tertiary/aromatic N) is 1. The van der Waals surface area contributed by atoms with Gasteiger partial charge in [-0.2, -0.15) is 5.26 Å². The van der Waals surface area contributed by atoms with Gasteiger partial charge in [0.1, 0.15) is 0 Å². The number of nitriles is 1. The summed E-state index contributed by atoms with van der Waals surface area (Å²) in [6, 6.07) is 8.42. The molecule has 0 unspecified atom stereocenters. The van der Waals surface area contributed by atoms with E-state index in [1.807, 2.05) is 12.1 Å². The van der Waals surface area contributed by atoms with Crippen molar-refractivity contribution in [3.63, 3.8) is 0 Å². The van der Waals surface area contributed by atoms with Gasteiger partial charge in [0.05, 0.1) is 6.07 Å². The first kappa shape index (κ1) is 14.5. The fraction of sp³-hybridized carbons (Fsp3) is 0.471. The minimum absolute atomic E-state index is 0.301. The van der Waals surface area contributed by atoms with E-state index in [9.17, 15) is 5.26 Å². The molecule has 1 heterocycles. The third-order valence-electron chi connectivity index (χ3n) is 3.47. The van der Waals surface area contributed by atoms with Crippen molar-refractivity contribution < 1.29 is 9.47 Å². The van der Waals surface area contributed by atoms with Crippen LogP contribution in [0.2, 0.25) is 0 Å². The van der Waals surface area contributed by atoms with Gasteiger partial charge in [-0.15, -0.1) is 0 Å². The normalized spacial score (nSPS) is 13.8. The van der Waals surface area contributed by atoms with Crippen molar-refractivity contribution >= 4 is 0 Å². The van der Waals surface area contributed by atoms with Crippen LogP contribution in [0.3, 0.4) is 0 Å². The number of allylic oxidation sites excluding steroid dienone is 2. The predicted molar refractivity (Wildman–Crippen MR) is 78.7 cm³/mol. The summed E-state index contributed by atoms with van der Waals surface area (Å²) in [5.41, 5.74) is 3.39. The molecule has 0 saturated heterocycles. The summed E-state index contributed by atoms with van der Waals surface area (Å²) < 4.78 is 10.7. The van der Waals surface area contributed by atoms with Crippen LogP contribution >= 0.6 is 0 Å². The lowest BCUT2D eigenvalue weighted by molar-refractivity contribution is 0.174. The van der Waals surface area contributed by atoms with Crippen molar-refractivity contribution in [1.29, 1.82) is 5.26 Å². The maximum atomic E-state index is 9.33. The van der Waals surface area contributed by atoms with Crippen LogP contribution in [-0.2, 0) is 6.42 Å². The average Bonchev–Trinajstić information content (AvgIpc) is 2.92. The van der Waals surface area contributed by atoms with Crippen LogP contribution in [0.15, 0.2) is 29.3 Å². The second-order valence-electron chi connectivity index (χ2n) is 5.06. The van der Waals surface area contributed by atoms with Gasteiger partial charge < -0.3 is 9.47 Å². The summed E-state index contributed by atoms with van der Waals surface area (Å²) >= 11 is 0. The largest absolute Gasteiger partial charge is 0.454 e. The summed E-state index contributed by atoms with van der Waals surface area (Å²) in [5, 5.41) is 9.33. The van der Waals surface area contributed by atoms with E-state index in [0.717, 1.165) is 49.2 Å². The fourth-order valence-corrected chi connectivity index (χ4v) is 2.51. The van der Waals surface area contributed by atoms with Crippen molar-refractivity contribution in [3.05, 3.63) is 34.9 Å². The highest BCUT2D eigenvalue weighted by molar-refractivity contribution is 5.46. The van der Waals surface area contributed by atoms with Crippen LogP contribution in [0.5, 0.6) is 11.5 Å². The number of benzene rings is 1. The highest BCUT2D eigenvalue weighted by Gasteiger charge is 2.14. The van der Waals surface area contributed by atoms with Gasteiger partial charge in [-0.1, -0.05) is 38.3 Å². The molecule has 0 amide bonds. The van der Waals surface area contributed by atoms with E-state index in [1.165, 1.54) is 11.1 Å². The highest BCUT2D eigenvalue weighted by Crippen LogP contribution is 2.33. The predicted octanol–water partition coefficient (Wildman–Crippen LogP) is 4.38. The molecule has 0 atom stereocenters. The molecule has 0 fully saturated rings. The summed E-state index contributed by atoms with van der Waals surface area (Å²) in [6.45, 7) is 4.57. The van der Waals surface area contributed by atoms with Crippen LogP contribution < -0.4 is 9.47 Å². The Kier molecular flexibility index (Phi) is 5.06. The van der Waals surface area contributed by atoms with Gasteiger partial charge in [0.25, 0.3) is 0 Å². The minimum atomic E-state index is 0.301. The Morgan fingerprint density at radius 1 is 1.15 bits per heavy atom. The highest BCUT2D eigenvalue weighted by atomic mass is 16.7. The van der Waals surface area contributed by atoms with E-state index in [-0.39, 0.29) is 0 Å². The monoisotopic (exact) mass is 271 g/mol. The van der Waals surface area contributed by atoms with E-state index in [1.54, 1.807) is 0 Å². The molecule has 3 nitrogen and oxygen atoms in total. The fourth-order valence-electron chi connectivity index (χ4n) is 2.51. The van der Waals surface area contributed by atoms with E-state index < -0.39 is 0 Å². The Morgan fingerprint density at radius 3 is 2.60 bits per heavy atom. The van der Waals surface area contributed by atoms with E-state index in [4.69, 9.17) is 9.47 Å². The number of rotatable bonds is 6. The Morgan fingerprint density at radius 2 is 1.90 bits per heavy atom. The molecule has 2 rings (SSSR count). The molecule has 0 N–H and O–H groups in total. The zero-order valence-electron chi connectivity index (χ0n) is 12.2. The molecule has 3 heteroatoms. The maximum Gasteiger partial charge on any atom is 0.231 e. The summed E-state index contributed by atoms with van der Waals surface area (Å²) in [5.74, 6) is 1.62. The van der Waals surface area contributed by atoms with E-state index >= 15 is 0 Å². The Bertz CT molecular complexity index is 540. The number of ether oxygens (including phenoxy) is 2. The van der Waals surface area contributed by atoms with Crippen molar-refractivity contribution in [2.24, 2.45) is 0 Å². The Hall–Kier alpha value is -1.95. The number of hydrogen-bond acceptors (Lipinski definition) is 3. The van der Waals surface area contributed by atoms with Crippen molar-refractivity contribution in [2.45, 2.75) is 46.0 Å². The lowest BCUT2D eigenvalue weighted by Gasteiger charge is -2.10. The molecule has 1 aliphatic heterocycles. The first-order chi connectivity index (χ1) is 9.78. The summed E-state index contributed by atoms with van der Waals surface area (Å²) in [6.07, 6.45) is 4.76. The SMILES string of the molecule is CCC/C(C#N)=C(\CCC)Cc1ccc2c(c1)OCO2. The van der Waals surface area contributed by atoms with Crippen molar-refractivity contribution in [3.8, 4) is 17.6 Å². The molecule has 106 valence electrons. The zero-order valence-corrected chi connectivity index (χ0v) is 12.2. The smallest absolute Gasteiger partial charge is 0.231 e. The van der Waals surface area contributed by atoms with Gasteiger partial charge >= 0.3 is 0 Å². The molecular formula is C17H21NO2. The van der Waals surface area contributed by atoms with Crippen LogP contribution in [0.4, 0.5) is 0 Å². The minimum Gasteiger partial charge on any atom is -0.454 e. The Labute approximate surface area is 120 Å². The first-order valence-corrected chi connectivity index (χ1v) is 7.28. The molecule has 20 heavy (non-hydrogen) atoms. The molecule has 0 saturated carbocycles. The second-order valence-corrected chi connectivity index (χ2v) is 5.06. The lowest BCUT2D eigenvalue weighted by Crippen LogP contribution is -1.96. The molecular weight excluding hydrogens is 250 g/mol. The third kappa shape index (κ3) is 3.33. The zero-order chi connectivity index (χ0) is 14.4. The summed E-state index contributed by atoms with van der Waals surface area (Å²) in [7, 11) is 0. The lowest BCUT2D eigenvalue weighted by atomic mass is 9.94. The first-order valence-electron chi connectivity index (χ1n) is 7.28. The Balaban J connectivity index is 2.22. The molecule has 0 aromatic heterocycles. The molecule has 0 radical (unpaired) electrons. The van der Waals surface area contributed by atoms with Crippen molar-refractivity contribution in [1.82, 2.24) is 0 Å². The van der Waals surface area contributed by atoms with Gasteiger partial charge in [-0.3, -0.25) is 0 Å². The van der Waals surface area contributed by atoms with Gasteiger partial charge in [-0.05, 0) is 37.0 Å².